The number of hydrogen-bond acceptors (Lipinski definition) is 6. The summed E-state index contributed by atoms with van der Waals surface area (Å²) in [5, 5.41) is 9.35. The molecule has 9 heteroatoms. The van der Waals surface area contributed by atoms with Crippen LogP contribution in [0.25, 0.3) is 0 Å². The average Bonchev–Trinajstić information content (AvgIpc) is 2.88. The zero-order valence-corrected chi connectivity index (χ0v) is 22.9. The van der Waals surface area contributed by atoms with Gasteiger partial charge in [-0.2, -0.15) is 0 Å². The maximum absolute atomic E-state index is 13.5. The number of amides is 2. The Morgan fingerprint density at radius 2 is 1.84 bits per heavy atom. The SMILES string of the molecule is COCc1cc(OC)ccc1CN(CC(=O)N1CCCC(c2cccc(C(=O)O)c2)C1)C(=O)OC(C)(C)C. The van der Waals surface area contributed by atoms with Crippen molar-refractivity contribution >= 4 is 18.0 Å². The molecule has 206 valence electrons. The molecule has 2 aromatic carbocycles. The number of aromatic carboxylic acids is 1. The van der Waals surface area contributed by atoms with Crippen molar-refractivity contribution in [1.82, 2.24) is 9.80 Å². The Bertz CT molecular complexity index is 1140. The number of nitrogens with zero attached hydrogens (tertiary/aromatic N) is 2. The number of carbonyl (C=O) groups excluding carboxylic acids is 2. The van der Waals surface area contributed by atoms with Crippen molar-refractivity contribution in [2.45, 2.75) is 58.3 Å². The number of ether oxygens (including phenoxy) is 3. The molecule has 0 aromatic heterocycles. The summed E-state index contributed by atoms with van der Waals surface area (Å²) < 4.78 is 16.3. The maximum atomic E-state index is 13.5. The van der Waals surface area contributed by atoms with Crippen LogP contribution in [0, 0.1) is 0 Å². The molecule has 1 fully saturated rings. The van der Waals surface area contributed by atoms with E-state index in [0.29, 0.717) is 25.4 Å². The van der Waals surface area contributed by atoms with Crippen LogP contribution in [0.5, 0.6) is 5.75 Å². The smallest absolute Gasteiger partial charge is 0.411 e. The van der Waals surface area contributed by atoms with Gasteiger partial charge >= 0.3 is 12.1 Å². The van der Waals surface area contributed by atoms with Gasteiger partial charge in [0.1, 0.15) is 17.9 Å². The highest BCUT2D eigenvalue weighted by Gasteiger charge is 2.30. The van der Waals surface area contributed by atoms with E-state index in [1.807, 2.05) is 24.3 Å². The number of piperidine rings is 1. The number of carbonyl (C=O) groups is 3. The average molecular weight is 527 g/mol. The summed E-state index contributed by atoms with van der Waals surface area (Å²) in [5.41, 5.74) is 2.08. The van der Waals surface area contributed by atoms with Gasteiger partial charge in [0, 0.05) is 32.7 Å². The van der Waals surface area contributed by atoms with Crippen LogP contribution in [0.15, 0.2) is 42.5 Å². The Balaban J connectivity index is 1.80. The molecule has 9 nitrogen and oxygen atoms in total. The molecule has 1 N–H and O–H groups in total. The number of benzene rings is 2. The monoisotopic (exact) mass is 526 g/mol. The van der Waals surface area contributed by atoms with Crippen molar-refractivity contribution in [2.75, 3.05) is 33.9 Å². The molecule has 0 aliphatic carbocycles. The number of likely N-dealkylation sites (tertiary alicyclic amines) is 1. The molecular formula is C29H38N2O7. The van der Waals surface area contributed by atoms with E-state index in [2.05, 4.69) is 0 Å². The Hall–Kier alpha value is -3.59. The molecule has 0 radical (unpaired) electrons. The van der Waals surface area contributed by atoms with Crippen molar-refractivity contribution in [1.29, 1.82) is 0 Å². The van der Waals surface area contributed by atoms with Crippen LogP contribution in [-0.4, -0.2) is 72.3 Å². The van der Waals surface area contributed by atoms with Gasteiger partial charge in [0.2, 0.25) is 5.91 Å². The first-order valence-corrected chi connectivity index (χ1v) is 12.7. The zero-order valence-electron chi connectivity index (χ0n) is 22.9. The lowest BCUT2D eigenvalue weighted by Crippen LogP contribution is -2.47. The number of hydrogen-bond donors (Lipinski definition) is 1. The van der Waals surface area contributed by atoms with Crippen LogP contribution in [-0.2, 0) is 27.4 Å². The predicted octanol–water partition coefficient (Wildman–Crippen LogP) is 4.68. The van der Waals surface area contributed by atoms with E-state index in [1.54, 1.807) is 58.1 Å². The molecule has 2 amide bonds. The largest absolute Gasteiger partial charge is 0.497 e. The summed E-state index contributed by atoms with van der Waals surface area (Å²) >= 11 is 0. The van der Waals surface area contributed by atoms with Gasteiger partial charge in [-0.25, -0.2) is 9.59 Å². The second-order valence-electron chi connectivity index (χ2n) is 10.5. The van der Waals surface area contributed by atoms with Crippen LogP contribution in [0.2, 0.25) is 0 Å². The quantitative estimate of drug-likeness (QED) is 0.506. The van der Waals surface area contributed by atoms with E-state index in [4.69, 9.17) is 14.2 Å². The summed E-state index contributed by atoms with van der Waals surface area (Å²) in [4.78, 5) is 41.2. The van der Waals surface area contributed by atoms with Gasteiger partial charge in [-0.15, -0.1) is 0 Å². The Labute approximate surface area is 224 Å². The lowest BCUT2D eigenvalue weighted by Gasteiger charge is -2.35. The second kappa shape index (κ2) is 12.8. The molecule has 1 atom stereocenters. The number of rotatable bonds is 9. The fourth-order valence-corrected chi connectivity index (χ4v) is 4.56. The van der Waals surface area contributed by atoms with Crippen LogP contribution in [0.3, 0.4) is 0 Å². The maximum Gasteiger partial charge on any atom is 0.411 e. The normalized spacial score (nSPS) is 15.6. The van der Waals surface area contributed by atoms with Gasteiger partial charge in [-0.3, -0.25) is 9.69 Å². The van der Waals surface area contributed by atoms with Crippen molar-refractivity contribution < 1.29 is 33.7 Å². The first-order chi connectivity index (χ1) is 18.0. The molecule has 0 saturated carbocycles. The van der Waals surface area contributed by atoms with Gasteiger partial charge in [0.15, 0.2) is 0 Å². The minimum atomic E-state index is -0.977. The highest BCUT2D eigenvalue weighted by molar-refractivity contribution is 5.87. The van der Waals surface area contributed by atoms with Crippen LogP contribution in [0.4, 0.5) is 4.79 Å². The predicted molar refractivity (Wildman–Crippen MR) is 142 cm³/mol. The fraction of sp³-hybridized carbons (Fsp3) is 0.483. The van der Waals surface area contributed by atoms with Crippen molar-refractivity contribution in [3.63, 3.8) is 0 Å². The third kappa shape index (κ3) is 7.95. The third-order valence-electron chi connectivity index (χ3n) is 6.43. The molecule has 38 heavy (non-hydrogen) atoms. The van der Waals surface area contributed by atoms with Gasteiger partial charge in [0.05, 0.1) is 19.3 Å². The minimum Gasteiger partial charge on any atom is -0.497 e. The van der Waals surface area contributed by atoms with Crippen molar-refractivity contribution in [3.05, 3.63) is 64.7 Å². The van der Waals surface area contributed by atoms with Gasteiger partial charge in [0.25, 0.3) is 0 Å². The number of methoxy groups -OCH3 is 2. The van der Waals surface area contributed by atoms with E-state index in [1.165, 1.54) is 4.90 Å². The third-order valence-corrected chi connectivity index (χ3v) is 6.43. The molecule has 1 aliphatic rings. The minimum absolute atomic E-state index is 0.0249. The molecule has 0 spiro atoms. The summed E-state index contributed by atoms with van der Waals surface area (Å²) in [7, 11) is 3.18. The Morgan fingerprint density at radius 3 is 2.50 bits per heavy atom. The zero-order chi connectivity index (χ0) is 27.9. The van der Waals surface area contributed by atoms with Crippen LogP contribution < -0.4 is 4.74 Å². The molecule has 2 aromatic rings. The first-order valence-electron chi connectivity index (χ1n) is 12.7. The molecule has 1 heterocycles. The summed E-state index contributed by atoms with van der Waals surface area (Å²) in [5.74, 6) is -0.462. The van der Waals surface area contributed by atoms with E-state index >= 15 is 0 Å². The standard InChI is InChI=1S/C29H38N2O7/c1-29(2,3)38-28(35)31(17-23-11-12-25(37-5)15-24(23)19-36-4)18-26(32)30-13-7-10-22(16-30)20-8-6-9-21(14-20)27(33)34/h6,8-9,11-12,14-15,22H,7,10,13,16-19H2,1-5H3,(H,33,34). The molecule has 0 bridgehead atoms. The number of carboxylic acids is 1. The van der Waals surface area contributed by atoms with Crippen molar-refractivity contribution in [3.8, 4) is 5.75 Å². The van der Waals surface area contributed by atoms with E-state index < -0.39 is 17.7 Å². The lowest BCUT2D eigenvalue weighted by molar-refractivity contribution is -0.133. The summed E-state index contributed by atoms with van der Waals surface area (Å²) in [6.07, 6.45) is 1.07. The Kier molecular flexibility index (Phi) is 9.74. The summed E-state index contributed by atoms with van der Waals surface area (Å²) in [6, 6.07) is 12.4. The highest BCUT2D eigenvalue weighted by Crippen LogP contribution is 2.28. The van der Waals surface area contributed by atoms with Gasteiger partial charge in [-0.05, 0) is 74.6 Å². The van der Waals surface area contributed by atoms with E-state index in [9.17, 15) is 19.5 Å². The van der Waals surface area contributed by atoms with Crippen LogP contribution >= 0.6 is 0 Å². The topological polar surface area (TPSA) is 106 Å². The highest BCUT2D eigenvalue weighted by atomic mass is 16.6. The summed E-state index contributed by atoms with van der Waals surface area (Å²) in [6.45, 7) is 6.75. The lowest BCUT2D eigenvalue weighted by atomic mass is 9.89. The molecule has 1 unspecified atom stereocenters. The van der Waals surface area contributed by atoms with Crippen LogP contribution in [0.1, 0.15) is 66.6 Å². The second-order valence-corrected chi connectivity index (χ2v) is 10.5. The van der Waals surface area contributed by atoms with Gasteiger partial charge in [-0.1, -0.05) is 18.2 Å². The molecule has 1 aliphatic heterocycles. The first kappa shape index (κ1) is 29.0. The van der Waals surface area contributed by atoms with Crippen molar-refractivity contribution in [2.24, 2.45) is 0 Å². The Morgan fingerprint density at radius 1 is 1.08 bits per heavy atom. The van der Waals surface area contributed by atoms with E-state index in [0.717, 1.165) is 29.5 Å². The van der Waals surface area contributed by atoms with Gasteiger partial charge < -0.3 is 24.2 Å². The number of carboxylic acid groups (broad SMARTS) is 1. The molecule has 3 rings (SSSR count). The van der Waals surface area contributed by atoms with E-state index in [-0.39, 0.29) is 30.5 Å². The molecular weight excluding hydrogens is 488 g/mol. The molecule has 1 saturated heterocycles. The fourth-order valence-electron chi connectivity index (χ4n) is 4.56.